The van der Waals surface area contributed by atoms with Gasteiger partial charge in [0.05, 0.1) is 12.1 Å². The molecule has 1 fully saturated rings. The Morgan fingerprint density at radius 3 is 2.91 bits per heavy atom. The lowest BCUT2D eigenvalue weighted by Gasteiger charge is -2.23. The molecule has 1 aliphatic rings. The molecule has 7 heteroatoms. The Morgan fingerprint density at radius 2 is 2.23 bits per heavy atom. The molecule has 0 radical (unpaired) electrons. The van der Waals surface area contributed by atoms with Crippen LogP contribution in [0.3, 0.4) is 0 Å². The fourth-order valence-corrected chi connectivity index (χ4v) is 3.45. The molecule has 0 spiro atoms. The molecule has 1 atom stereocenters. The molecule has 22 heavy (non-hydrogen) atoms. The van der Waals surface area contributed by atoms with Crippen molar-refractivity contribution in [1.82, 2.24) is 10.6 Å². The zero-order chi connectivity index (χ0) is 16.0. The van der Waals surface area contributed by atoms with Crippen molar-refractivity contribution in [2.24, 2.45) is 4.99 Å². The van der Waals surface area contributed by atoms with Crippen molar-refractivity contribution >= 4 is 17.7 Å². The third kappa shape index (κ3) is 4.84. The predicted molar refractivity (Wildman–Crippen MR) is 86.1 cm³/mol. The van der Waals surface area contributed by atoms with Crippen LogP contribution in [0.2, 0.25) is 0 Å². The molecule has 4 nitrogen and oxygen atoms in total. The Bertz CT molecular complexity index is 534. The molecule has 3 N–H and O–H groups in total. The van der Waals surface area contributed by atoms with E-state index in [-0.39, 0.29) is 12.1 Å². The predicted octanol–water partition coefficient (Wildman–Crippen LogP) is 1.89. The van der Waals surface area contributed by atoms with Gasteiger partial charge in [-0.05, 0) is 37.3 Å². The molecule has 0 bridgehead atoms. The van der Waals surface area contributed by atoms with E-state index in [4.69, 9.17) is 0 Å². The summed E-state index contributed by atoms with van der Waals surface area (Å²) in [5.41, 5.74) is -0.530. The molecule has 1 heterocycles. The van der Waals surface area contributed by atoms with Gasteiger partial charge in [-0.2, -0.15) is 11.8 Å². The fourth-order valence-electron chi connectivity index (χ4n) is 2.15. The molecule has 0 saturated carbocycles. The van der Waals surface area contributed by atoms with Gasteiger partial charge in [-0.1, -0.05) is 0 Å². The number of aliphatic hydroxyl groups is 1. The smallest absolute Gasteiger partial charge is 0.191 e. The third-order valence-corrected chi connectivity index (χ3v) is 4.66. The van der Waals surface area contributed by atoms with Crippen molar-refractivity contribution in [2.75, 3.05) is 24.6 Å². The number of nitrogens with zero attached hydrogens (tertiary/aromatic N) is 1. The normalized spacial score (nSPS) is 21.9. The van der Waals surface area contributed by atoms with Crippen LogP contribution in [0, 0.1) is 11.6 Å². The lowest BCUT2D eigenvalue weighted by atomic mass is 10.0. The summed E-state index contributed by atoms with van der Waals surface area (Å²) in [6.07, 6.45) is 0.739. The Morgan fingerprint density at radius 1 is 1.41 bits per heavy atom. The minimum absolute atomic E-state index is 0.0338. The van der Waals surface area contributed by atoms with E-state index >= 15 is 0 Å². The van der Waals surface area contributed by atoms with E-state index in [0.717, 1.165) is 30.4 Å². The molecule has 1 unspecified atom stereocenters. The largest absolute Gasteiger partial charge is 0.387 e. The number of hydrogen-bond donors (Lipinski definition) is 3. The molecule has 0 aromatic heterocycles. The SMILES string of the molecule is CCNC(=NCc1cc(F)ccc1F)NCC1(O)CCSC1. The average Bonchev–Trinajstić information content (AvgIpc) is 2.92. The first-order valence-electron chi connectivity index (χ1n) is 7.29. The maximum Gasteiger partial charge on any atom is 0.191 e. The molecule has 2 rings (SSSR count). The van der Waals surface area contributed by atoms with Crippen LogP contribution in [0.5, 0.6) is 0 Å². The number of halogens is 2. The van der Waals surface area contributed by atoms with E-state index in [9.17, 15) is 13.9 Å². The lowest BCUT2D eigenvalue weighted by Crippen LogP contribution is -2.47. The van der Waals surface area contributed by atoms with Gasteiger partial charge < -0.3 is 15.7 Å². The van der Waals surface area contributed by atoms with Gasteiger partial charge in [0.1, 0.15) is 11.6 Å². The van der Waals surface area contributed by atoms with Crippen molar-refractivity contribution < 1.29 is 13.9 Å². The van der Waals surface area contributed by atoms with Crippen LogP contribution in [0.15, 0.2) is 23.2 Å². The fraction of sp³-hybridized carbons (Fsp3) is 0.533. The quantitative estimate of drug-likeness (QED) is 0.570. The highest BCUT2D eigenvalue weighted by molar-refractivity contribution is 7.99. The van der Waals surface area contributed by atoms with Crippen molar-refractivity contribution in [3.05, 3.63) is 35.4 Å². The summed E-state index contributed by atoms with van der Waals surface area (Å²) in [7, 11) is 0. The van der Waals surface area contributed by atoms with Crippen molar-refractivity contribution in [1.29, 1.82) is 0 Å². The van der Waals surface area contributed by atoms with Crippen molar-refractivity contribution in [3.63, 3.8) is 0 Å². The highest BCUT2D eigenvalue weighted by Gasteiger charge is 2.31. The standard InChI is InChI=1S/C15H21F2N3OS/c1-2-18-14(20-9-15(21)5-6-22-10-15)19-8-11-7-12(16)3-4-13(11)17/h3-4,7,21H,2,5-6,8-10H2,1H3,(H2,18,19,20). The minimum atomic E-state index is -0.731. The van der Waals surface area contributed by atoms with Gasteiger partial charge in [0.15, 0.2) is 5.96 Å². The number of benzene rings is 1. The van der Waals surface area contributed by atoms with Crippen LogP contribution in [0.4, 0.5) is 8.78 Å². The third-order valence-electron chi connectivity index (χ3n) is 3.43. The van der Waals surface area contributed by atoms with E-state index < -0.39 is 17.2 Å². The summed E-state index contributed by atoms with van der Waals surface area (Å²) in [6.45, 7) is 2.98. The zero-order valence-electron chi connectivity index (χ0n) is 12.5. The van der Waals surface area contributed by atoms with Gasteiger partial charge >= 0.3 is 0 Å². The monoisotopic (exact) mass is 329 g/mol. The zero-order valence-corrected chi connectivity index (χ0v) is 13.3. The second-order valence-corrected chi connectivity index (χ2v) is 6.42. The van der Waals surface area contributed by atoms with E-state index in [0.29, 0.717) is 24.8 Å². The first-order valence-corrected chi connectivity index (χ1v) is 8.44. The number of rotatable bonds is 5. The van der Waals surface area contributed by atoms with E-state index in [2.05, 4.69) is 15.6 Å². The van der Waals surface area contributed by atoms with E-state index in [1.54, 1.807) is 11.8 Å². The van der Waals surface area contributed by atoms with Gasteiger partial charge in [0.25, 0.3) is 0 Å². The van der Waals surface area contributed by atoms with Crippen LogP contribution in [0.25, 0.3) is 0 Å². The second-order valence-electron chi connectivity index (χ2n) is 5.31. The second kappa shape index (κ2) is 7.78. The number of thioether (sulfide) groups is 1. The molecule has 122 valence electrons. The molecule has 1 aromatic rings. The summed E-state index contributed by atoms with van der Waals surface area (Å²) in [5.74, 6) is 1.16. The maximum atomic E-state index is 13.6. The Balaban J connectivity index is 1.98. The van der Waals surface area contributed by atoms with Crippen LogP contribution >= 0.6 is 11.8 Å². The summed E-state index contributed by atoms with van der Waals surface area (Å²) in [4.78, 5) is 4.25. The molecule has 0 amide bonds. The molecule has 1 aromatic carbocycles. The van der Waals surface area contributed by atoms with Gasteiger partial charge in [-0.25, -0.2) is 13.8 Å². The number of hydrogen-bond acceptors (Lipinski definition) is 3. The number of aliphatic imine (C=N–C) groups is 1. The summed E-state index contributed by atoms with van der Waals surface area (Å²) in [5, 5.41) is 16.4. The van der Waals surface area contributed by atoms with Crippen LogP contribution in [0.1, 0.15) is 18.9 Å². The van der Waals surface area contributed by atoms with Crippen LogP contribution in [-0.4, -0.2) is 41.3 Å². The average molecular weight is 329 g/mol. The molecule has 0 aliphatic carbocycles. The molecule has 1 aliphatic heterocycles. The van der Waals surface area contributed by atoms with Crippen LogP contribution in [-0.2, 0) is 6.54 Å². The number of nitrogens with one attached hydrogen (secondary N) is 2. The van der Waals surface area contributed by atoms with Gasteiger partial charge in [-0.15, -0.1) is 0 Å². The summed E-state index contributed by atoms with van der Waals surface area (Å²) in [6, 6.07) is 3.32. The summed E-state index contributed by atoms with van der Waals surface area (Å²) >= 11 is 1.72. The molecular weight excluding hydrogens is 308 g/mol. The van der Waals surface area contributed by atoms with Gasteiger partial charge in [-0.3, -0.25) is 0 Å². The lowest BCUT2D eigenvalue weighted by molar-refractivity contribution is 0.0724. The van der Waals surface area contributed by atoms with E-state index in [1.807, 2.05) is 6.92 Å². The van der Waals surface area contributed by atoms with Crippen LogP contribution < -0.4 is 10.6 Å². The molecule has 1 saturated heterocycles. The van der Waals surface area contributed by atoms with Crippen molar-refractivity contribution in [3.8, 4) is 0 Å². The van der Waals surface area contributed by atoms with Crippen molar-refractivity contribution in [2.45, 2.75) is 25.5 Å². The van der Waals surface area contributed by atoms with Gasteiger partial charge in [0, 0.05) is 24.4 Å². The first kappa shape index (κ1) is 17.0. The van der Waals surface area contributed by atoms with E-state index in [1.165, 1.54) is 0 Å². The Hall–Kier alpha value is -1.34. The van der Waals surface area contributed by atoms with Gasteiger partial charge in [0.2, 0.25) is 0 Å². The maximum absolute atomic E-state index is 13.6. The molecular formula is C15H21F2N3OS. The highest BCUT2D eigenvalue weighted by atomic mass is 32.2. The topological polar surface area (TPSA) is 56.7 Å². The first-order chi connectivity index (χ1) is 10.5. The highest BCUT2D eigenvalue weighted by Crippen LogP contribution is 2.26. The number of guanidine groups is 1. The summed E-state index contributed by atoms with van der Waals surface area (Å²) < 4.78 is 26.7. The Labute approximate surface area is 133 Å². The minimum Gasteiger partial charge on any atom is -0.387 e. The Kier molecular flexibility index (Phi) is 6.02.